The summed E-state index contributed by atoms with van der Waals surface area (Å²) in [6.45, 7) is 3.89. The number of aliphatic hydroxyl groups is 1. The van der Waals surface area contributed by atoms with Crippen LogP contribution in [0.3, 0.4) is 0 Å². The SMILES string of the molecule is CC(C)(CO)NC(=O)C1CCC(CN)O1. The highest BCUT2D eigenvalue weighted by atomic mass is 16.5. The minimum Gasteiger partial charge on any atom is -0.394 e. The van der Waals surface area contributed by atoms with Crippen LogP contribution in [0, 0.1) is 0 Å². The lowest BCUT2D eigenvalue weighted by Gasteiger charge is -2.25. The van der Waals surface area contributed by atoms with Gasteiger partial charge < -0.3 is 20.9 Å². The molecule has 4 N–H and O–H groups in total. The van der Waals surface area contributed by atoms with E-state index in [4.69, 9.17) is 15.6 Å². The van der Waals surface area contributed by atoms with E-state index in [1.54, 1.807) is 13.8 Å². The zero-order valence-electron chi connectivity index (χ0n) is 9.32. The van der Waals surface area contributed by atoms with Crippen LogP contribution in [0.2, 0.25) is 0 Å². The number of amides is 1. The molecular weight excluding hydrogens is 196 g/mol. The number of carbonyl (C=O) groups is 1. The van der Waals surface area contributed by atoms with E-state index < -0.39 is 11.6 Å². The Morgan fingerprint density at radius 2 is 2.27 bits per heavy atom. The molecule has 0 aliphatic carbocycles. The molecule has 88 valence electrons. The van der Waals surface area contributed by atoms with Gasteiger partial charge in [-0.1, -0.05) is 0 Å². The Hall–Kier alpha value is -0.650. The number of nitrogens with two attached hydrogens (primary N) is 1. The number of hydrogen-bond donors (Lipinski definition) is 3. The molecule has 0 spiro atoms. The molecule has 1 aliphatic heterocycles. The van der Waals surface area contributed by atoms with Crippen molar-refractivity contribution in [2.24, 2.45) is 5.73 Å². The van der Waals surface area contributed by atoms with Crippen LogP contribution in [0.25, 0.3) is 0 Å². The Morgan fingerprint density at radius 1 is 1.60 bits per heavy atom. The monoisotopic (exact) mass is 216 g/mol. The van der Waals surface area contributed by atoms with Crippen LogP contribution in [0.4, 0.5) is 0 Å². The number of aliphatic hydroxyl groups excluding tert-OH is 1. The second-order valence-corrected chi connectivity index (χ2v) is 4.59. The molecule has 1 fully saturated rings. The second-order valence-electron chi connectivity index (χ2n) is 4.59. The van der Waals surface area contributed by atoms with Gasteiger partial charge in [0, 0.05) is 6.54 Å². The van der Waals surface area contributed by atoms with Gasteiger partial charge in [0.05, 0.1) is 18.2 Å². The van der Waals surface area contributed by atoms with E-state index in [-0.39, 0.29) is 18.6 Å². The van der Waals surface area contributed by atoms with E-state index in [0.29, 0.717) is 13.0 Å². The van der Waals surface area contributed by atoms with Crippen molar-refractivity contribution in [2.75, 3.05) is 13.2 Å². The number of hydrogen-bond acceptors (Lipinski definition) is 4. The molecule has 1 rings (SSSR count). The van der Waals surface area contributed by atoms with Crippen LogP contribution in [0.5, 0.6) is 0 Å². The molecule has 1 aliphatic rings. The number of nitrogens with one attached hydrogen (secondary N) is 1. The van der Waals surface area contributed by atoms with E-state index >= 15 is 0 Å². The van der Waals surface area contributed by atoms with Gasteiger partial charge in [0.1, 0.15) is 6.10 Å². The molecular formula is C10H20N2O3. The molecule has 0 aromatic carbocycles. The smallest absolute Gasteiger partial charge is 0.249 e. The predicted molar refractivity (Wildman–Crippen MR) is 56.3 cm³/mol. The lowest BCUT2D eigenvalue weighted by molar-refractivity contribution is -0.134. The van der Waals surface area contributed by atoms with Crippen molar-refractivity contribution in [3.05, 3.63) is 0 Å². The Balaban J connectivity index is 2.42. The fraction of sp³-hybridized carbons (Fsp3) is 0.900. The second kappa shape index (κ2) is 4.92. The Kier molecular flexibility index (Phi) is 4.07. The fourth-order valence-electron chi connectivity index (χ4n) is 1.53. The molecule has 0 aromatic rings. The van der Waals surface area contributed by atoms with Crippen molar-refractivity contribution in [2.45, 2.75) is 44.4 Å². The summed E-state index contributed by atoms with van der Waals surface area (Å²) in [7, 11) is 0. The van der Waals surface area contributed by atoms with Gasteiger partial charge in [-0.3, -0.25) is 4.79 Å². The summed E-state index contributed by atoms with van der Waals surface area (Å²) in [6.07, 6.45) is 1.12. The number of carbonyl (C=O) groups excluding carboxylic acids is 1. The highest BCUT2D eigenvalue weighted by Crippen LogP contribution is 2.19. The maximum Gasteiger partial charge on any atom is 0.249 e. The Morgan fingerprint density at radius 3 is 2.73 bits per heavy atom. The van der Waals surface area contributed by atoms with Crippen molar-refractivity contribution >= 4 is 5.91 Å². The van der Waals surface area contributed by atoms with Gasteiger partial charge in [-0.15, -0.1) is 0 Å². The molecule has 0 radical (unpaired) electrons. The molecule has 5 nitrogen and oxygen atoms in total. The maximum atomic E-state index is 11.7. The van der Waals surface area contributed by atoms with Gasteiger partial charge in [-0.2, -0.15) is 0 Å². The molecule has 0 aromatic heterocycles. The van der Waals surface area contributed by atoms with Crippen LogP contribution in [-0.2, 0) is 9.53 Å². The van der Waals surface area contributed by atoms with E-state index in [9.17, 15) is 4.79 Å². The molecule has 2 unspecified atom stereocenters. The summed E-state index contributed by atoms with van der Waals surface area (Å²) in [5.74, 6) is -0.162. The lowest BCUT2D eigenvalue weighted by atomic mass is 10.1. The summed E-state index contributed by atoms with van der Waals surface area (Å²) in [5.41, 5.74) is 4.86. The molecule has 2 atom stereocenters. The largest absolute Gasteiger partial charge is 0.394 e. The number of rotatable bonds is 4. The first kappa shape index (κ1) is 12.4. The average molecular weight is 216 g/mol. The van der Waals surface area contributed by atoms with Crippen LogP contribution in [-0.4, -0.2) is 41.9 Å². The summed E-state index contributed by atoms with van der Waals surface area (Å²) >= 11 is 0. The minimum absolute atomic E-state index is 0.00186. The minimum atomic E-state index is -0.596. The van der Waals surface area contributed by atoms with Crippen molar-refractivity contribution in [1.29, 1.82) is 0 Å². The van der Waals surface area contributed by atoms with Crippen molar-refractivity contribution in [3.63, 3.8) is 0 Å². The van der Waals surface area contributed by atoms with Gasteiger partial charge in [0.15, 0.2) is 0 Å². The third-order valence-corrected chi connectivity index (χ3v) is 2.52. The van der Waals surface area contributed by atoms with Crippen molar-refractivity contribution < 1.29 is 14.6 Å². The summed E-state index contributed by atoms with van der Waals surface area (Å²) in [5, 5.41) is 11.7. The molecule has 1 amide bonds. The maximum absolute atomic E-state index is 11.7. The van der Waals surface area contributed by atoms with Gasteiger partial charge in [-0.25, -0.2) is 0 Å². The lowest BCUT2D eigenvalue weighted by Crippen LogP contribution is -2.50. The zero-order chi connectivity index (χ0) is 11.5. The molecule has 15 heavy (non-hydrogen) atoms. The predicted octanol–water partition coefficient (Wildman–Crippen LogP) is -0.620. The van der Waals surface area contributed by atoms with Gasteiger partial charge in [-0.05, 0) is 26.7 Å². The molecule has 1 heterocycles. The van der Waals surface area contributed by atoms with Crippen LogP contribution < -0.4 is 11.1 Å². The van der Waals surface area contributed by atoms with Crippen LogP contribution >= 0.6 is 0 Å². The topological polar surface area (TPSA) is 84.6 Å². The highest BCUT2D eigenvalue weighted by Gasteiger charge is 2.32. The zero-order valence-corrected chi connectivity index (χ0v) is 9.32. The quantitative estimate of drug-likeness (QED) is 0.584. The van der Waals surface area contributed by atoms with E-state index in [0.717, 1.165) is 6.42 Å². The summed E-state index contributed by atoms with van der Waals surface area (Å²) < 4.78 is 5.44. The molecule has 5 heteroatoms. The van der Waals surface area contributed by atoms with Gasteiger partial charge in [0.25, 0.3) is 0 Å². The van der Waals surface area contributed by atoms with E-state index in [1.165, 1.54) is 0 Å². The van der Waals surface area contributed by atoms with E-state index in [1.807, 2.05) is 0 Å². The van der Waals surface area contributed by atoms with E-state index in [2.05, 4.69) is 5.32 Å². The first-order valence-corrected chi connectivity index (χ1v) is 5.27. The Labute approximate surface area is 90.0 Å². The standard InChI is InChI=1S/C10H20N2O3/c1-10(2,6-13)12-9(14)8-4-3-7(5-11)15-8/h7-8,13H,3-6,11H2,1-2H3,(H,12,14). The molecule has 0 saturated carbocycles. The molecule has 0 bridgehead atoms. The first-order valence-electron chi connectivity index (χ1n) is 5.27. The Bertz CT molecular complexity index is 231. The van der Waals surface area contributed by atoms with Crippen molar-refractivity contribution in [1.82, 2.24) is 5.32 Å². The summed E-state index contributed by atoms with van der Waals surface area (Å²) in [4.78, 5) is 11.7. The van der Waals surface area contributed by atoms with Crippen molar-refractivity contribution in [3.8, 4) is 0 Å². The van der Waals surface area contributed by atoms with Gasteiger partial charge >= 0.3 is 0 Å². The third-order valence-electron chi connectivity index (χ3n) is 2.52. The molecule has 1 saturated heterocycles. The fourth-order valence-corrected chi connectivity index (χ4v) is 1.53. The normalized spacial score (nSPS) is 26.7. The average Bonchev–Trinajstić information content (AvgIpc) is 2.65. The van der Waals surface area contributed by atoms with Crippen LogP contribution in [0.1, 0.15) is 26.7 Å². The third kappa shape index (κ3) is 3.44. The number of ether oxygens (including phenoxy) is 1. The van der Waals surface area contributed by atoms with Crippen LogP contribution in [0.15, 0.2) is 0 Å². The van der Waals surface area contributed by atoms with Gasteiger partial charge in [0.2, 0.25) is 5.91 Å². The summed E-state index contributed by atoms with van der Waals surface area (Å²) in [6, 6.07) is 0. The first-order chi connectivity index (χ1) is 6.98. The highest BCUT2D eigenvalue weighted by molar-refractivity contribution is 5.81.